The number of hydrogen-bond donors (Lipinski definition) is 3. The lowest BCUT2D eigenvalue weighted by molar-refractivity contribution is -0.144. The minimum absolute atomic E-state index is 0.0625. The Morgan fingerprint density at radius 1 is 1.29 bits per heavy atom. The molecule has 2 rings (SSSR count). The summed E-state index contributed by atoms with van der Waals surface area (Å²) >= 11 is 0. The molecule has 1 unspecified atom stereocenters. The summed E-state index contributed by atoms with van der Waals surface area (Å²) in [5, 5.41) is 14.6. The van der Waals surface area contributed by atoms with E-state index in [1.807, 2.05) is 12.2 Å². The van der Waals surface area contributed by atoms with Gasteiger partial charge in [-0.1, -0.05) is 12.2 Å². The Bertz CT molecular complexity index is 355. The molecule has 17 heavy (non-hydrogen) atoms. The zero-order valence-electron chi connectivity index (χ0n) is 9.90. The second-order valence-corrected chi connectivity index (χ2v) is 5.02. The van der Waals surface area contributed by atoms with Crippen molar-refractivity contribution in [2.24, 2.45) is 5.92 Å². The Labute approximate surface area is 100 Å². The highest BCUT2D eigenvalue weighted by Gasteiger charge is 2.48. The van der Waals surface area contributed by atoms with Crippen molar-refractivity contribution in [1.82, 2.24) is 10.6 Å². The summed E-state index contributed by atoms with van der Waals surface area (Å²) in [6.45, 7) is 1.58. The number of aliphatic carboxylic acids is 1. The summed E-state index contributed by atoms with van der Waals surface area (Å²) in [7, 11) is 0. The van der Waals surface area contributed by atoms with Gasteiger partial charge in [-0.25, -0.2) is 9.59 Å². The topological polar surface area (TPSA) is 78.4 Å². The molecule has 3 N–H and O–H groups in total. The molecule has 94 valence electrons. The van der Waals surface area contributed by atoms with E-state index in [1.165, 1.54) is 0 Å². The fraction of sp³-hybridized carbons (Fsp3) is 0.667. The van der Waals surface area contributed by atoms with E-state index in [0.29, 0.717) is 0 Å². The van der Waals surface area contributed by atoms with Gasteiger partial charge in [-0.3, -0.25) is 0 Å². The van der Waals surface area contributed by atoms with Gasteiger partial charge in [0, 0.05) is 6.04 Å². The maximum absolute atomic E-state index is 11.7. The Kier molecular flexibility index (Phi) is 3.09. The van der Waals surface area contributed by atoms with Gasteiger partial charge in [0.05, 0.1) is 0 Å². The van der Waals surface area contributed by atoms with E-state index in [-0.39, 0.29) is 18.0 Å². The van der Waals surface area contributed by atoms with E-state index < -0.39 is 11.5 Å². The monoisotopic (exact) mass is 238 g/mol. The minimum atomic E-state index is -1.13. The van der Waals surface area contributed by atoms with Crippen LogP contribution in [0.25, 0.3) is 0 Å². The Morgan fingerprint density at radius 2 is 1.88 bits per heavy atom. The highest BCUT2D eigenvalue weighted by atomic mass is 16.4. The molecule has 0 aromatic rings. The van der Waals surface area contributed by atoms with Crippen molar-refractivity contribution in [1.29, 1.82) is 0 Å². The fourth-order valence-corrected chi connectivity index (χ4v) is 2.18. The molecular formula is C12H18N2O3. The number of urea groups is 1. The molecule has 0 heterocycles. The lowest BCUT2D eigenvalue weighted by Gasteiger charge is -2.27. The van der Waals surface area contributed by atoms with Crippen molar-refractivity contribution in [3.63, 3.8) is 0 Å². The molecule has 0 spiro atoms. The normalized spacial score (nSPS) is 23.1. The summed E-state index contributed by atoms with van der Waals surface area (Å²) in [4.78, 5) is 23.0. The van der Waals surface area contributed by atoms with Crippen LogP contribution in [-0.4, -0.2) is 28.7 Å². The van der Waals surface area contributed by atoms with E-state index in [9.17, 15) is 14.7 Å². The van der Waals surface area contributed by atoms with Crippen LogP contribution in [0.3, 0.4) is 0 Å². The van der Waals surface area contributed by atoms with Gasteiger partial charge in [0.25, 0.3) is 0 Å². The summed E-state index contributed by atoms with van der Waals surface area (Å²) < 4.78 is 0. The van der Waals surface area contributed by atoms with Crippen LogP contribution in [0, 0.1) is 5.92 Å². The van der Waals surface area contributed by atoms with Gasteiger partial charge in [0.1, 0.15) is 5.54 Å². The van der Waals surface area contributed by atoms with Crippen LogP contribution in [0.4, 0.5) is 4.79 Å². The highest BCUT2D eigenvalue weighted by Crippen LogP contribution is 2.39. The SMILES string of the molecule is CC(NC(=O)NC1CC=CC1)(C(=O)O)C1CC1. The predicted octanol–water partition coefficient (Wildman–Crippen LogP) is 1.26. The molecule has 2 amide bonds. The van der Waals surface area contributed by atoms with Crippen molar-refractivity contribution in [3.05, 3.63) is 12.2 Å². The van der Waals surface area contributed by atoms with Crippen molar-refractivity contribution < 1.29 is 14.7 Å². The number of carbonyl (C=O) groups excluding carboxylic acids is 1. The summed E-state index contributed by atoms with van der Waals surface area (Å²) in [6.07, 6.45) is 7.41. The predicted molar refractivity (Wildman–Crippen MR) is 62.6 cm³/mol. The molecule has 0 aliphatic heterocycles. The van der Waals surface area contributed by atoms with Crippen molar-refractivity contribution in [3.8, 4) is 0 Å². The summed E-state index contributed by atoms with van der Waals surface area (Å²) in [6, 6.07) is -0.275. The van der Waals surface area contributed by atoms with Crippen molar-refractivity contribution in [2.75, 3.05) is 0 Å². The first-order valence-electron chi connectivity index (χ1n) is 5.99. The molecule has 0 radical (unpaired) electrons. The van der Waals surface area contributed by atoms with Gasteiger partial charge in [-0.15, -0.1) is 0 Å². The third-order valence-electron chi connectivity index (χ3n) is 3.55. The smallest absolute Gasteiger partial charge is 0.329 e. The molecule has 1 fully saturated rings. The van der Waals surface area contributed by atoms with E-state index in [4.69, 9.17) is 0 Å². The molecule has 2 aliphatic rings. The Balaban J connectivity index is 1.89. The molecule has 1 saturated carbocycles. The van der Waals surface area contributed by atoms with Crippen LogP contribution < -0.4 is 10.6 Å². The van der Waals surface area contributed by atoms with Gasteiger partial charge in [0.2, 0.25) is 0 Å². The third-order valence-corrected chi connectivity index (χ3v) is 3.55. The zero-order valence-corrected chi connectivity index (χ0v) is 9.90. The number of nitrogens with one attached hydrogen (secondary N) is 2. The number of carboxylic acid groups (broad SMARTS) is 1. The minimum Gasteiger partial charge on any atom is -0.480 e. The van der Waals surface area contributed by atoms with Crippen molar-refractivity contribution in [2.45, 2.75) is 44.2 Å². The van der Waals surface area contributed by atoms with E-state index in [2.05, 4.69) is 10.6 Å². The number of carbonyl (C=O) groups is 2. The first-order chi connectivity index (χ1) is 8.02. The fourth-order valence-electron chi connectivity index (χ4n) is 2.18. The third kappa shape index (κ3) is 2.60. The zero-order chi connectivity index (χ0) is 12.5. The van der Waals surface area contributed by atoms with Gasteiger partial charge in [-0.2, -0.15) is 0 Å². The molecule has 0 aromatic carbocycles. The average Bonchev–Trinajstić information content (AvgIpc) is 2.99. The molecule has 2 aliphatic carbocycles. The van der Waals surface area contributed by atoms with Crippen LogP contribution in [0.15, 0.2) is 12.2 Å². The second kappa shape index (κ2) is 4.39. The molecule has 5 nitrogen and oxygen atoms in total. The van der Waals surface area contributed by atoms with Crippen LogP contribution >= 0.6 is 0 Å². The molecule has 0 aromatic heterocycles. The first kappa shape index (κ1) is 12.0. The second-order valence-electron chi connectivity index (χ2n) is 5.02. The van der Waals surface area contributed by atoms with E-state index >= 15 is 0 Å². The maximum atomic E-state index is 11.7. The van der Waals surface area contributed by atoms with Crippen molar-refractivity contribution >= 4 is 12.0 Å². The standard InChI is InChI=1S/C12H18N2O3/c1-12(10(15)16,8-6-7-8)14-11(17)13-9-4-2-3-5-9/h2-3,8-9H,4-7H2,1H3,(H,15,16)(H2,13,14,17). The van der Waals surface area contributed by atoms with Crippen LogP contribution in [0.2, 0.25) is 0 Å². The van der Waals surface area contributed by atoms with Gasteiger partial charge >= 0.3 is 12.0 Å². The van der Waals surface area contributed by atoms with Crippen LogP contribution in [0.1, 0.15) is 32.6 Å². The number of hydrogen-bond acceptors (Lipinski definition) is 2. The van der Waals surface area contributed by atoms with Crippen LogP contribution in [0.5, 0.6) is 0 Å². The van der Waals surface area contributed by atoms with Gasteiger partial charge in [-0.05, 0) is 38.5 Å². The molecule has 5 heteroatoms. The number of carboxylic acids is 1. The quantitative estimate of drug-likeness (QED) is 0.645. The average molecular weight is 238 g/mol. The largest absolute Gasteiger partial charge is 0.480 e. The lowest BCUT2D eigenvalue weighted by atomic mass is 9.96. The van der Waals surface area contributed by atoms with Gasteiger partial charge in [0.15, 0.2) is 0 Å². The molecule has 0 saturated heterocycles. The first-order valence-corrected chi connectivity index (χ1v) is 5.99. The Morgan fingerprint density at radius 3 is 2.35 bits per heavy atom. The highest BCUT2D eigenvalue weighted by molar-refractivity contribution is 5.86. The summed E-state index contributed by atoms with van der Waals surface area (Å²) in [5.74, 6) is -0.896. The molecular weight excluding hydrogens is 220 g/mol. The Hall–Kier alpha value is -1.52. The molecule has 1 atom stereocenters. The van der Waals surface area contributed by atoms with E-state index in [0.717, 1.165) is 25.7 Å². The van der Waals surface area contributed by atoms with Crippen LogP contribution in [-0.2, 0) is 4.79 Å². The van der Waals surface area contributed by atoms with Gasteiger partial charge < -0.3 is 15.7 Å². The maximum Gasteiger partial charge on any atom is 0.329 e. The lowest BCUT2D eigenvalue weighted by Crippen LogP contribution is -2.57. The van der Waals surface area contributed by atoms with E-state index in [1.54, 1.807) is 6.92 Å². The molecule has 0 bridgehead atoms. The number of rotatable bonds is 4. The summed E-state index contributed by atoms with van der Waals surface area (Å²) in [5.41, 5.74) is -1.13. The number of amides is 2.